The molecule has 7 heteroatoms. The Kier molecular flexibility index (Phi) is 4.94. The number of nitrogens with zero attached hydrogens (tertiary/aromatic N) is 1. The van der Waals surface area contributed by atoms with Gasteiger partial charge in [-0.3, -0.25) is 14.9 Å². The second-order valence-electron chi connectivity index (χ2n) is 5.38. The maximum absolute atomic E-state index is 11.9. The first-order chi connectivity index (χ1) is 12.1. The van der Waals surface area contributed by atoms with Gasteiger partial charge in [0.2, 0.25) is 12.7 Å². The lowest BCUT2D eigenvalue weighted by Gasteiger charge is -2.03. The number of carbonyl (C=O) groups excluding carboxylic acids is 1. The van der Waals surface area contributed by atoms with Crippen LogP contribution >= 0.6 is 0 Å². The quantitative estimate of drug-likeness (QED) is 0.496. The molecule has 1 amide bonds. The maximum Gasteiger partial charge on any atom is 0.280 e. The fourth-order valence-electron chi connectivity index (χ4n) is 2.44. The van der Waals surface area contributed by atoms with Crippen molar-refractivity contribution in [2.24, 2.45) is 0 Å². The van der Waals surface area contributed by atoms with Gasteiger partial charge in [-0.15, -0.1) is 0 Å². The summed E-state index contributed by atoms with van der Waals surface area (Å²) in [5.74, 6) is 0.439. The first-order valence-electron chi connectivity index (χ1n) is 7.71. The minimum Gasteiger partial charge on any atom is -0.454 e. The molecule has 1 aliphatic rings. The summed E-state index contributed by atoms with van der Waals surface area (Å²) in [4.78, 5) is 22.5. The third kappa shape index (κ3) is 4.14. The van der Waals surface area contributed by atoms with Gasteiger partial charge in [-0.2, -0.15) is 0 Å². The summed E-state index contributed by atoms with van der Waals surface area (Å²) < 4.78 is 10.4. The van der Waals surface area contributed by atoms with Gasteiger partial charge in [0, 0.05) is 12.6 Å². The summed E-state index contributed by atoms with van der Waals surface area (Å²) in [5, 5.41) is 13.9. The fraction of sp³-hybridized carbons (Fsp3) is 0.167. The van der Waals surface area contributed by atoms with Crippen LogP contribution in [0.5, 0.6) is 11.5 Å². The van der Waals surface area contributed by atoms with E-state index in [0.29, 0.717) is 24.5 Å². The van der Waals surface area contributed by atoms with Crippen LogP contribution < -0.4 is 14.8 Å². The zero-order valence-corrected chi connectivity index (χ0v) is 13.3. The number of nitrogens with one attached hydrogen (secondary N) is 1. The number of fused-ring (bicyclic) bond motifs is 1. The van der Waals surface area contributed by atoms with Gasteiger partial charge < -0.3 is 14.8 Å². The number of hydrogen-bond donors (Lipinski definition) is 1. The van der Waals surface area contributed by atoms with Crippen molar-refractivity contribution in [3.8, 4) is 11.5 Å². The molecule has 3 rings (SSSR count). The first-order valence-corrected chi connectivity index (χ1v) is 7.71. The predicted molar refractivity (Wildman–Crippen MR) is 91.4 cm³/mol. The van der Waals surface area contributed by atoms with Crippen molar-refractivity contribution in [2.45, 2.75) is 6.42 Å². The Labute approximate surface area is 144 Å². The van der Waals surface area contributed by atoms with Crippen LogP contribution in [0.15, 0.2) is 48.5 Å². The largest absolute Gasteiger partial charge is 0.454 e. The van der Waals surface area contributed by atoms with Gasteiger partial charge in [0.1, 0.15) is 0 Å². The zero-order valence-electron chi connectivity index (χ0n) is 13.3. The molecule has 2 aromatic rings. The van der Waals surface area contributed by atoms with E-state index < -0.39 is 4.92 Å². The van der Waals surface area contributed by atoms with Crippen LogP contribution in [0.3, 0.4) is 0 Å². The second kappa shape index (κ2) is 7.48. The fourth-order valence-corrected chi connectivity index (χ4v) is 2.44. The Bertz CT molecular complexity index is 818. The minimum atomic E-state index is -0.519. The highest BCUT2D eigenvalue weighted by molar-refractivity contribution is 5.92. The predicted octanol–water partition coefficient (Wildman–Crippen LogP) is 2.70. The van der Waals surface area contributed by atoms with Gasteiger partial charge in [0.15, 0.2) is 11.5 Å². The summed E-state index contributed by atoms with van der Waals surface area (Å²) in [5.41, 5.74) is 1.27. The van der Waals surface area contributed by atoms with E-state index in [1.165, 1.54) is 24.3 Å². The Morgan fingerprint density at radius 2 is 1.92 bits per heavy atom. The van der Waals surface area contributed by atoms with E-state index in [9.17, 15) is 14.9 Å². The summed E-state index contributed by atoms with van der Waals surface area (Å²) in [6.45, 7) is 0.510. The lowest BCUT2D eigenvalue weighted by molar-refractivity contribution is -0.385. The van der Waals surface area contributed by atoms with Gasteiger partial charge in [0.25, 0.3) is 5.69 Å². The van der Waals surface area contributed by atoms with Gasteiger partial charge >= 0.3 is 0 Å². The van der Waals surface area contributed by atoms with Crippen LogP contribution in [-0.2, 0) is 11.2 Å². The highest BCUT2D eigenvalue weighted by atomic mass is 16.7. The molecule has 0 spiro atoms. The number of carbonyl (C=O) groups is 1. The molecule has 0 aromatic heterocycles. The molecule has 0 aliphatic carbocycles. The molecule has 2 aromatic carbocycles. The molecule has 1 N–H and O–H groups in total. The van der Waals surface area contributed by atoms with Crippen molar-refractivity contribution >= 4 is 17.7 Å². The van der Waals surface area contributed by atoms with E-state index in [1.54, 1.807) is 0 Å². The topological polar surface area (TPSA) is 90.7 Å². The molecule has 128 valence electrons. The molecule has 0 saturated carbocycles. The average Bonchev–Trinajstić information content (AvgIpc) is 3.07. The molecule has 0 radical (unpaired) electrons. The molecule has 7 nitrogen and oxygen atoms in total. The Balaban J connectivity index is 1.63. The summed E-state index contributed by atoms with van der Waals surface area (Å²) >= 11 is 0. The summed E-state index contributed by atoms with van der Waals surface area (Å²) in [6.07, 6.45) is 3.39. The van der Waals surface area contributed by atoms with Crippen molar-refractivity contribution in [3.05, 3.63) is 69.8 Å². The van der Waals surface area contributed by atoms with E-state index in [0.717, 1.165) is 5.56 Å². The third-order valence-corrected chi connectivity index (χ3v) is 3.69. The highest BCUT2D eigenvalue weighted by Crippen LogP contribution is 2.38. The molecule has 0 unspecified atom stereocenters. The van der Waals surface area contributed by atoms with E-state index >= 15 is 0 Å². The molecule has 0 atom stereocenters. The second-order valence-corrected chi connectivity index (χ2v) is 5.38. The molecular formula is C18H16N2O5. The standard InChI is InChI=1S/C18H16N2O5/c21-18(19-9-8-13-4-2-1-3-5-13)7-6-14-10-16-17(25-12-24-16)11-15(14)20(22)23/h1-7,10-11H,8-9,12H2,(H,19,21)/b7-6+. The first kappa shape index (κ1) is 16.5. The molecule has 0 bridgehead atoms. The maximum atomic E-state index is 11.9. The minimum absolute atomic E-state index is 0.0274. The number of ether oxygens (including phenoxy) is 2. The lowest BCUT2D eigenvalue weighted by atomic mass is 10.1. The van der Waals surface area contributed by atoms with Crippen molar-refractivity contribution < 1.29 is 19.2 Å². The lowest BCUT2D eigenvalue weighted by Crippen LogP contribution is -2.23. The van der Waals surface area contributed by atoms with Crippen LogP contribution in [0.2, 0.25) is 0 Å². The molecule has 0 saturated heterocycles. The SMILES string of the molecule is O=C(/C=C/c1cc2c(cc1[N+](=O)[O-])OCO2)NCCc1ccccc1. The van der Waals surface area contributed by atoms with E-state index in [-0.39, 0.29) is 24.0 Å². The summed E-state index contributed by atoms with van der Waals surface area (Å²) in [7, 11) is 0. The van der Waals surface area contributed by atoms with Crippen LogP contribution in [-0.4, -0.2) is 24.2 Å². The Morgan fingerprint density at radius 1 is 1.20 bits per heavy atom. The van der Waals surface area contributed by atoms with E-state index in [2.05, 4.69) is 5.32 Å². The number of hydrogen-bond acceptors (Lipinski definition) is 5. The van der Waals surface area contributed by atoms with E-state index in [4.69, 9.17) is 9.47 Å². The van der Waals surface area contributed by atoms with Crippen LogP contribution in [0.25, 0.3) is 6.08 Å². The number of benzene rings is 2. The number of amides is 1. The normalized spacial score (nSPS) is 12.3. The molecule has 1 aliphatic heterocycles. The molecular weight excluding hydrogens is 324 g/mol. The molecule has 25 heavy (non-hydrogen) atoms. The molecule has 1 heterocycles. The van der Waals surface area contributed by atoms with Crippen LogP contribution in [0.1, 0.15) is 11.1 Å². The van der Waals surface area contributed by atoms with Crippen molar-refractivity contribution in [3.63, 3.8) is 0 Å². The Morgan fingerprint density at radius 3 is 2.64 bits per heavy atom. The number of nitro groups is 1. The Hall–Kier alpha value is -3.35. The van der Waals surface area contributed by atoms with Gasteiger partial charge in [-0.1, -0.05) is 30.3 Å². The van der Waals surface area contributed by atoms with Gasteiger partial charge in [-0.05, 0) is 24.1 Å². The third-order valence-electron chi connectivity index (χ3n) is 3.69. The van der Waals surface area contributed by atoms with Gasteiger partial charge in [0.05, 0.1) is 16.6 Å². The highest BCUT2D eigenvalue weighted by Gasteiger charge is 2.22. The average molecular weight is 340 g/mol. The smallest absolute Gasteiger partial charge is 0.280 e. The van der Waals surface area contributed by atoms with Crippen molar-refractivity contribution in [1.29, 1.82) is 0 Å². The molecule has 0 fully saturated rings. The van der Waals surface area contributed by atoms with Crippen molar-refractivity contribution in [2.75, 3.05) is 13.3 Å². The zero-order chi connectivity index (χ0) is 17.6. The number of rotatable bonds is 6. The summed E-state index contributed by atoms with van der Waals surface area (Å²) in [6, 6.07) is 12.6. The monoisotopic (exact) mass is 340 g/mol. The number of nitro benzene ring substituents is 1. The van der Waals surface area contributed by atoms with Gasteiger partial charge in [-0.25, -0.2) is 0 Å². The van der Waals surface area contributed by atoms with E-state index in [1.807, 2.05) is 30.3 Å². The van der Waals surface area contributed by atoms with Crippen molar-refractivity contribution in [1.82, 2.24) is 5.32 Å². The van der Waals surface area contributed by atoms with Crippen LogP contribution in [0.4, 0.5) is 5.69 Å². The van der Waals surface area contributed by atoms with Crippen LogP contribution in [0, 0.1) is 10.1 Å².